The van der Waals surface area contributed by atoms with Gasteiger partial charge in [-0.05, 0) is 61.4 Å². The summed E-state index contributed by atoms with van der Waals surface area (Å²) < 4.78 is 5.90. The third-order valence-electron chi connectivity index (χ3n) is 9.43. The Morgan fingerprint density at radius 3 is 2.27 bits per heavy atom. The van der Waals surface area contributed by atoms with Crippen LogP contribution in [-0.2, 0) is 14.3 Å². The van der Waals surface area contributed by atoms with E-state index in [2.05, 4.69) is 12.2 Å². The lowest BCUT2D eigenvalue weighted by molar-refractivity contribution is -0.123. The van der Waals surface area contributed by atoms with Crippen molar-refractivity contribution in [2.45, 2.75) is 39.2 Å². The molecule has 1 saturated carbocycles. The van der Waals surface area contributed by atoms with Crippen LogP contribution in [0, 0.1) is 30.6 Å². The van der Waals surface area contributed by atoms with Crippen molar-refractivity contribution in [1.82, 2.24) is 4.98 Å². The van der Waals surface area contributed by atoms with Crippen molar-refractivity contribution in [2.24, 2.45) is 23.7 Å². The average molecular weight is 619 g/mol. The highest BCUT2D eigenvalue weighted by Gasteiger charge is 2.59. The van der Waals surface area contributed by atoms with Crippen molar-refractivity contribution >= 4 is 51.8 Å². The zero-order valence-electron chi connectivity index (χ0n) is 24.9. The first-order valence-corrected chi connectivity index (χ1v) is 15.7. The van der Waals surface area contributed by atoms with Crippen LogP contribution in [0.15, 0.2) is 84.9 Å². The van der Waals surface area contributed by atoms with Gasteiger partial charge in [-0.1, -0.05) is 85.6 Å². The van der Waals surface area contributed by atoms with Crippen LogP contribution in [0.3, 0.4) is 0 Å². The number of nitrogens with zero attached hydrogens (tertiary/aromatic N) is 2. The predicted molar refractivity (Wildman–Crippen MR) is 172 cm³/mol. The molecule has 7 nitrogen and oxygen atoms in total. The number of hydrogen-bond acceptors (Lipinski definition) is 6. The van der Waals surface area contributed by atoms with Gasteiger partial charge in [0, 0.05) is 21.5 Å². The average Bonchev–Trinajstić information content (AvgIpc) is 3.75. The van der Waals surface area contributed by atoms with Crippen LogP contribution >= 0.6 is 11.6 Å². The number of carbonyl (C=O) groups excluding carboxylic acids is 4. The minimum absolute atomic E-state index is 0.135. The Kier molecular flexibility index (Phi) is 7.37. The standard InChI is InChI=1S/C37H31ClN2O5/c1-3-7-30(34(41)22-8-5-4-6-9-22)45-37(44)27-19-29(39-33-20(2)28(38)17-16-26(27)33)21-12-14-25(15-13-21)40-35(42)31-23-10-11-24(18-23)32(31)36(40)43/h4-6,8-17,19,23-24,30-32H,3,7,18H2,1-2H3. The van der Waals surface area contributed by atoms with E-state index in [0.29, 0.717) is 56.8 Å². The number of aromatic nitrogens is 1. The van der Waals surface area contributed by atoms with Crippen molar-refractivity contribution in [3.8, 4) is 11.3 Å². The van der Waals surface area contributed by atoms with Gasteiger partial charge < -0.3 is 4.74 Å². The number of ether oxygens (including phenoxy) is 1. The number of pyridine rings is 1. The highest BCUT2D eigenvalue weighted by Crippen LogP contribution is 2.53. The summed E-state index contributed by atoms with van der Waals surface area (Å²) >= 11 is 6.46. The maximum Gasteiger partial charge on any atom is 0.339 e. The van der Waals surface area contributed by atoms with Crippen molar-refractivity contribution in [1.29, 1.82) is 0 Å². The Balaban J connectivity index is 1.22. The quantitative estimate of drug-likeness (QED) is 0.0885. The fourth-order valence-corrected chi connectivity index (χ4v) is 7.30. The fraction of sp³-hybridized carbons (Fsp3) is 0.270. The molecule has 0 N–H and O–H groups in total. The van der Waals surface area contributed by atoms with E-state index < -0.39 is 12.1 Å². The first-order valence-electron chi connectivity index (χ1n) is 15.3. The summed E-state index contributed by atoms with van der Waals surface area (Å²) in [6, 6.07) is 21.0. The third kappa shape index (κ3) is 4.86. The van der Waals surface area contributed by atoms with Crippen LogP contribution in [0.2, 0.25) is 5.02 Å². The first kappa shape index (κ1) is 29.1. The molecule has 5 unspecified atom stereocenters. The van der Waals surface area contributed by atoms with Gasteiger partial charge in [0.25, 0.3) is 0 Å². The Bertz CT molecular complexity index is 1870. The van der Waals surface area contributed by atoms with E-state index in [4.69, 9.17) is 21.3 Å². The Morgan fingerprint density at radius 2 is 1.62 bits per heavy atom. The van der Waals surface area contributed by atoms with Crippen molar-refractivity contribution in [3.63, 3.8) is 0 Å². The summed E-state index contributed by atoms with van der Waals surface area (Å²) in [5.74, 6) is -1.44. The zero-order chi connectivity index (χ0) is 31.4. The number of imide groups is 1. The van der Waals surface area contributed by atoms with Gasteiger partial charge in [0.15, 0.2) is 6.10 Å². The number of ketones is 1. The Labute approximate surface area is 265 Å². The number of amides is 2. The first-order chi connectivity index (χ1) is 21.8. The minimum atomic E-state index is -0.940. The molecule has 3 aliphatic rings. The van der Waals surface area contributed by atoms with Crippen LogP contribution in [0.25, 0.3) is 22.2 Å². The summed E-state index contributed by atoms with van der Waals surface area (Å²) in [5, 5.41) is 1.07. The van der Waals surface area contributed by atoms with Crippen molar-refractivity contribution < 1.29 is 23.9 Å². The van der Waals surface area contributed by atoms with Crippen LogP contribution in [0.5, 0.6) is 0 Å². The van der Waals surface area contributed by atoms with E-state index >= 15 is 0 Å². The summed E-state index contributed by atoms with van der Waals surface area (Å²) in [6.07, 6.45) is 5.13. The van der Waals surface area contributed by atoms with Gasteiger partial charge in [0.05, 0.1) is 34.3 Å². The molecule has 1 saturated heterocycles. The van der Waals surface area contributed by atoms with Gasteiger partial charge in [0.1, 0.15) is 0 Å². The molecular weight excluding hydrogens is 588 g/mol. The highest BCUT2D eigenvalue weighted by molar-refractivity contribution is 6.32. The molecule has 4 aromatic rings. The van der Waals surface area contributed by atoms with Crippen LogP contribution in [0.4, 0.5) is 5.69 Å². The molecule has 226 valence electrons. The second-order valence-electron chi connectivity index (χ2n) is 12.1. The van der Waals surface area contributed by atoms with E-state index in [0.717, 1.165) is 6.42 Å². The summed E-state index contributed by atoms with van der Waals surface area (Å²) in [7, 11) is 0. The molecule has 3 aromatic carbocycles. The van der Waals surface area contributed by atoms with Gasteiger partial charge in [-0.2, -0.15) is 0 Å². The number of Topliss-reactive ketones (excluding diaryl/α,β-unsaturated/α-hetero) is 1. The molecular formula is C37H31ClN2O5. The van der Waals surface area contributed by atoms with E-state index in [1.165, 1.54) is 4.90 Å². The predicted octanol–water partition coefficient (Wildman–Crippen LogP) is 7.38. The third-order valence-corrected chi connectivity index (χ3v) is 9.84. The molecule has 1 aliphatic heterocycles. The molecule has 7 rings (SSSR count). The lowest BCUT2D eigenvalue weighted by Gasteiger charge is -2.19. The molecule has 8 heteroatoms. The number of carbonyl (C=O) groups is 4. The van der Waals surface area contributed by atoms with E-state index in [-0.39, 0.29) is 46.8 Å². The van der Waals surface area contributed by atoms with Gasteiger partial charge in [-0.3, -0.25) is 19.3 Å². The number of aryl methyl sites for hydroxylation is 1. The van der Waals surface area contributed by atoms with Gasteiger partial charge in [-0.15, -0.1) is 0 Å². The number of esters is 1. The normalized spacial score (nSPS) is 22.2. The number of benzene rings is 3. The number of anilines is 1. The minimum Gasteiger partial charge on any atom is -0.450 e. The summed E-state index contributed by atoms with van der Waals surface area (Å²) in [5.41, 5.74) is 3.68. The summed E-state index contributed by atoms with van der Waals surface area (Å²) in [6.45, 7) is 3.77. The van der Waals surface area contributed by atoms with Crippen LogP contribution in [0.1, 0.15) is 52.5 Å². The van der Waals surface area contributed by atoms with Crippen LogP contribution in [-0.4, -0.2) is 34.7 Å². The van der Waals surface area contributed by atoms with E-state index in [9.17, 15) is 19.2 Å². The number of fused-ring (bicyclic) bond motifs is 6. The van der Waals surface area contributed by atoms with Gasteiger partial charge >= 0.3 is 5.97 Å². The van der Waals surface area contributed by atoms with Crippen molar-refractivity contribution in [2.75, 3.05) is 4.90 Å². The van der Waals surface area contributed by atoms with E-state index in [1.807, 2.05) is 19.9 Å². The highest BCUT2D eigenvalue weighted by atomic mass is 35.5. The number of halogens is 1. The molecule has 45 heavy (non-hydrogen) atoms. The maximum atomic E-state index is 13.8. The maximum absolute atomic E-state index is 13.8. The molecule has 0 radical (unpaired) electrons. The lowest BCUT2D eigenvalue weighted by Crippen LogP contribution is -2.32. The Hall–Kier alpha value is -4.62. The molecule has 2 bridgehead atoms. The second kappa shape index (κ2) is 11.4. The van der Waals surface area contributed by atoms with Gasteiger partial charge in [-0.25, -0.2) is 9.78 Å². The molecule has 2 heterocycles. The lowest BCUT2D eigenvalue weighted by atomic mass is 9.85. The molecule has 2 fully saturated rings. The van der Waals surface area contributed by atoms with E-state index in [1.54, 1.807) is 66.7 Å². The fourth-order valence-electron chi connectivity index (χ4n) is 7.15. The number of rotatable bonds is 8. The smallest absolute Gasteiger partial charge is 0.339 e. The second-order valence-corrected chi connectivity index (χ2v) is 12.5. The topological polar surface area (TPSA) is 93.6 Å². The molecule has 0 spiro atoms. The largest absolute Gasteiger partial charge is 0.450 e. The van der Waals surface area contributed by atoms with Gasteiger partial charge in [0.2, 0.25) is 17.6 Å². The number of hydrogen-bond donors (Lipinski definition) is 0. The monoisotopic (exact) mass is 618 g/mol. The molecule has 1 aromatic heterocycles. The van der Waals surface area contributed by atoms with Crippen molar-refractivity contribution in [3.05, 3.63) is 107 Å². The molecule has 5 atom stereocenters. The SMILES string of the molecule is CCCC(OC(=O)c1cc(-c2ccc(N3C(=O)C4C5C=CC(C5)C4C3=O)cc2)nc2c(C)c(Cl)ccc12)C(=O)c1ccccc1. The molecule has 2 amide bonds. The zero-order valence-corrected chi connectivity index (χ0v) is 25.7. The number of allylic oxidation sites excluding steroid dienone is 2. The van der Waals surface area contributed by atoms with Crippen LogP contribution < -0.4 is 4.90 Å². The Morgan fingerprint density at radius 1 is 0.956 bits per heavy atom. The molecule has 2 aliphatic carbocycles. The summed E-state index contributed by atoms with van der Waals surface area (Å²) in [4.78, 5) is 59.9.